The Hall–Kier alpha value is -0.800. The number of urea groups is 1. The smallest absolute Gasteiger partial charge is 0.315 e. The molecule has 2 N–H and O–H groups in total. The third-order valence-corrected chi connectivity index (χ3v) is 3.78. The van der Waals surface area contributed by atoms with Gasteiger partial charge in [-0.15, -0.1) is 0 Å². The molecule has 0 heterocycles. The molecule has 0 bridgehead atoms. The molecule has 0 aliphatic heterocycles. The van der Waals surface area contributed by atoms with Crippen LogP contribution in [-0.4, -0.2) is 25.3 Å². The zero-order valence-corrected chi connectivity index (χ0v) is 11.5. The van der Waals surface area contributed by atoms with Crippen LogP contribution in [0.5, 0.6) is 0 Å². The Morgan fingerprint density at radius 3 is 2.78 bits per heavy atom. The molecular formula is C14H27FN2O. The van der Waals surface area contributed by atoms with Crippen LogP contribution >= 0.6 is 0 Å². The van der Waals surface area contributed by atoms with Crippen LogP contribution in [0.1, 0.15) is 58.3 Å². The Morgan fingerprint density at radius 1 is 1.28 bits per heavy atom. The summed E-state index contributed by atoms with van der Waals surface area (Å²) in [6.07, 6.45) is 9.74. The van der Waals surface area contributed by atoms with Crippen molar-refractivity contribution >= 4 is 6.03 Å². The molecule has 0 radical (unpaired) electrons. The summed E-state index contributed by atoms with van der Waals surface area (Å²) in [5.41, 5.74) is 0. The maximum absolute atomic E-state index is 12.0. The van der Waals surface area contributed by atoms with Gasteiger partial charge in [-0.1, -0.05) is 39.0 Å². The first-order chi connectivity index (χ1) is 8.77. The van der Waals surface area contributed by atoms with E-state index in [4.69, 9.17) is 0 Å². The van der Waals surface area contributed by atoms with E-state index < -0.39 is 6.67 Å². The Kier molecular flexibility index (Phi) is 7.78. The van der Waals surface area contributed by atoms with Crippen LogP contribution in [-0.2, 0) is 0 Å². The summed E-state index contributed by atoms with van der Waals surface area (Å²) in [6, 6.07) is 0.0789. The monoisotopic (exact) mass is 258 g/mol. The molecule has 0 aromatic heterocycles. The van der Waals surface area contributed by atoms with Gasteiger partial charge >= 0.3 is 6.03 Å². The molecule has 0 aromatic carbocycles. The molecule has 0 aromatic rings. The Balaban J connectivity index is 2.31. The maximum atomic E-state index is 12.0. The highest BCUT2D eigenvalue weighted by molar-refractivity contribution is 5.74. The van der Waals surface area contributed by atoms with Gasteiger partial charge in [0.25, 0.3) is 0 Å². The summed E-state index contributed by atoms with van der Waals surface area (Å²) in [7, 11) is 0. The number of alkyl halides is 1. The van der Waals surface area contributed by atoms with Crippen molar-refractivity contribution < 1.29 is 9.18 Å². The van der Waals surface area contributed by atoms with Crippen LogP contribution in [0.4, 0.5) is 9.18 Å². The zero-order chi connectivity index (χ0) is 13.2. The number of hydrogen-bond donors (Lipinski definition) is 2. The molecule has 4 heteroatoms. The first-order valence-electron chi connectivity index (χ1n) is 7.38. The van der Waals surface area contributed by atoms with Crippen molar-refractivity contribution in [3.05, 3.63) is 0 Å². The summed E-state index contributed by atoms with van der Waals surface area (Å²) in [5.74, 6) is 0.612. The van der Waals surface area contributed by atoms with Gasteiger partial charge in [0.1, 0.15) is 6.67 Å². The number of hydrogen-bond acceptors (Lipinski definition) is 1. The highest BCUT2D eigenvalue weighted by atomic mass is 19.1. The first-order valence-corrected chi connectivity index (χ1v) is 7.38. The topological polar surface area (TPSA) is 41.1 Å². The molecule has 1 aliphatic carbocycles. The molecule has 18 heavy (non-hydrogen) atoms. The van der Waals surface area contributed by atoms with Crippen molar-refractivity contribution in [2.75, 3.05) is 13.2 Å². The van der Waals surface area contributed by atoms with Crippen LogP contribution < -0.4 is 10.6 Å². The average Bonchev–Trinajstić information content (AvgIpc) is 2.38. The molecule has 2 amide bonds. The molecule has 1 saturated carbocycles. The van der Waals surface area contributed by atoms with Gasteiger partial charge in [0.05, 0.1) is 0 Å². The van der Waals surface area contributed by atoms with E-state index in [2.05, 4.69) is 17.6 Å². The SMILES string of the molecule is CCCCCC1CCCCC1NC(=O)NCCF. The van der Waals surface area contributed by atoms with Gasteiger partial charge in [0.2, 0.25) is 0 Å². The van der Waals surface area contributed by atoms with E-state index in [1.165, 1.54) is 44.9 Å². The number of carbonyl (C=O) groups is 1. The summed E-state index contributed by atoms with van der Waals surface area (Å²) >= 11 is 0. The number of amides is 2. The third kappa shape index (κ3) is 5.69. The van der Waals surface area contributed by atoms with Crippen LogP contribution in [0.25, 0.3) is 0 Å². The highest BCUT2D eigenvalue weighted by Crippen LogP contribution is 2.28. The van der Waals surface area contributed by atoms with Crippen molar-refractivity contribution in [1.82, 2.24) is 10.6 Å². The minimum absolute atomic E-state index is 0.110. The van der Waals surface area contributed by atoms with Crippen LogP contribution in [0.3, 0.4) is 0 Å². The van der Waals surface area contributed by atoms with Crippen molar-refractivity contribution in [2.24, 2.45) is 5.92 Å². The van der Waals surface area contributed by atoms with E-state index in [-0.39, 0.29) is 18.6 Å². The lowest BCUT2D eigenvalue weighted by molar-refractivity contribution is 0.211. The summed E-state index contributed by atoms with van der Waals surface area (Å²) < 4.78 is 12.0. The quantitative estimate of drug-likeness (QED) is 0.675. The number of unbranched alkanes of at least 4 members (excludes halogenated alkanes) is 2. The molecule has 0 spiro atoms. The van der Waals surface area contributed by atoms with Gasteiger partial charge in [-0.25, -0.2) is 9.18 Å². The van der Waals surface area contributed by atoms with Crippen LogP contribution in [0, 0.1) is 5.92 Å². The van der Waals surface area contributed by atoms with Crippen molar-refractivity contribution in [2.45, 2.75) is 64.3 Å². The van der Waals surface area contributed by atoms with E-state index in [1.807, 2.05) is 0 Å². The lowest BCUT2D eigenvalue weighted by atomic mass is 9.81. The van der Waals surface area contributed by atoms with Crippen molar-refractivity contribution in [1.29, 1.82) is 0 Å². The molecule has 1 rings (SSSR count). The highest BCUT2D eigenvalue weighted by Gasteiger charge is 2.25. The van der Waals surface area contributed by atoms with Crippen LogP contribution in [0.15, 0.2) is 0 Å². The Morgan fingerprint density at radius 2 is 2.06 bits per heavy atom. The molecule has 1 aliphatic rings. The summed E-state index contributed by atoms with van der Waals surface area (Å²) in [4.78, 5) is 11.6. The van der Waals surface area contributed by atoms with E-state index in [9.17, 15) is 9.18 Å². The number of rotatable bonds is 7. The Bertz CT molecular complexity index is 236. The molecule has 2 atom stereocenters. The van der Waals surface area contributed by atoms with E-state index in [1.54, 1.807) is 0 Å². The normalized spacial score (nSPS) is 23.7. The second kappa shape index (κ2) is 9.17. The number of carbonyl (C=O) groups excluding carboxylic acids is 1. The average molecular weight is 258 g/mol. The fraction of sp³-hybridized carbons (Fsp3) is 0.929. The summed E-state index contributed by atoms with van der Waals surface area (Å²) in [6.45, 7) is 1.82. The fourth-order valence-electron chi connectivity index (χ4n) is 2.78. The largest absolute Gasteiger partial charge is 0.336 e. The number of nitrogens with one attached hydrogen (secondary N) is 2. The predicted molar refractivity (Wildman–Crippen MR) is 72.4 cm³/mol. The second-order valence-electron chi connectivity index (χ2n) is 5.24. The standard InChI is InChI=1S/C14H27FN2O/c1-2-3-4-7-12-8-5-6-9-13(12)17-14(18)16-11-10-15/h12-13H,2-11H2,1H3,(H2,16,17,18). The van der Waals surface area contributed by atoms with Gasteiger partial charge in [0.15, 0.2) is 0 Å². The van der Waals surface area contributed by atoms with Crippen molar-refractivity contribution in [3.63, 3.8) is 0 Å². The molecule has 3 nitrogen and oxygen atoms in total. The summed E-state index contributed by atoms with van der Waals surface area (Å²) in [5, 5.41) is 5.56. The molecule has 0 saturated heterocycles. The van der Waals surface area contributed by atoms with Gasteiger partial charge in [-0.3, -0.25) is 0 Å². The zero-order valence-electron chi connectivity index (χ0n) is 11.5. The third-order valence-electron chi connectivity index (χ3n) is 3.78. The Labute approximate surface area is 110 Å². The first kappa shape index (κ1) is 15.3. The molecule has 1 fully saturated rings. The van der Waals surface area contributed by atoms with Gasteiger partial charge in [0, 0.05) is 12.6 Å². The predicted octanol–water partition coefficient (Wildman–Crippen LogP) is 3.39. The van der Waals surface area contributed by atoms with Crippen LogP contribution in [0.2, 0.25) is 0 Å². The van der Waals surface area contributed by atoms with Crippen molar-refractivity contribution in [3.8, 4) is 0 Å². The maximum Gasteiger partial charge on any atom is 0.315 e. The van der Waals surface area contributed by atoms with Gasteiger partial charge < -0.3 is 10.6 Å². The van der Waals surface area contributed by atoms with Gasteiger partial charge in [-0.05, 0) is 25.2 Å². The fourth-order valence-corrected chi connectivity index (χ4v) is 2.78. The molecule has 2 unspecified atom stereocenters. The molecule has 106 valence electrons. The number of halogens is 1. The minimum Gasteiger partial charge on any atom is -0.336 e. The minimum atomic E-state index is -0.502. The van der Waals surface area contributed by atoms with E-state index in [0.717, 1.165) is 6.42 Å². The van der Waals surface area contributed by atoms with E-state index >= 15 is 0 Å². The molecular weight excluding hydrogens is 231 g/mol. The van der Waals surface area contributed by atoms with Gasteiger partial charge in [-0.2, -0.15) is 0 Å². The second-order valence-corrected chi connectivity index (χ2v) is 5.24. The lowest BCUT2D eigenvalue weighted by Crippen LogP contribution is -2.47. The van der Waals surface area contributed by atoms with E-state index in [0.29, 0.717) is 5.92 Å². The lowest BCUT2D eigenvalue weighted by Gasteiger charge is -2.32.